The van der Waals surface area contributed by atoms with E-state index in [9.17, 15) is 4.39 Å². The van der Waals surface area contributed by atoms with E-state index in [0.717, 1.165) is 5.69 Å². The second-order valence-corrected chi connectivity index (χ2v) is 4.44. The highest BCUT2D eigenvalue weighted by Gasteiger charge is 2.11. The van der Waals surface area contributed by atoms with Crippen molar-refractivity contribution in [2.45, 2.75) is 6.61 Å². The predicted molar refractivity (Wildman–Crippen MR) is 63.2 cm³/mol. The molecule has 84 valence electrons. The lowest BCUT2D eigenvalue weighted by molar-refractivity contribution is 0.182. The molecule has 0 spiro atoms. The van der Waals surface area contributed by atoms with Gasteiger partial charge in [-0.25, -0.2) is 9.37 Å². The molecule has 2 nitrogen and oxygen atoms in total. The topological polar surface area (TPSA) is 22.1 Å². The maximum atomic E-state index is 13.7. The zero-order valence-corrected chi connectivity index (χ0v) is 10.1. The summed E-state index contributed by atoms with van der Waals surface area (Å²) in [4.78, 5) is 4.27. The summed E-state index contributed by atoms with van der Waals surface area (Å²) in [6.07, 6.45) is 0. The summed E-state index contributed by atoms with van der Waals surface area (Å²) in [5.41, 5.74) is 1.22. The first-order valence-corrected chi connectivity index (χ1v) is 5.86. The monoisotopic (exact) mass is 257 g/mol. The zero-order valence-electron chi connectivity index (χ0n) is 8.54. The number of nitrogens with zero attached hydrogens (tertiary/aromatic N) is 1. The summed E-state index contributed by atoms with van der Waals surface area (Å²) < 4.78 is 18.6. The Hall–Kier alpha value is -0.970. The Labute approximate surface area is 102 Å². The molecule has 0 amide bonds. The summed E-state index contributed by atoms with van der Waals surface area (Å²) in [5, 5.41) is 2.58. The maximum Gasteiger partial charge on any atom is 0.152 e. The van der Waals surface area contributed by atoms with Gasteiger partial charge >= 0.3 is 0 Å². The molecule has 2 rings (SSSR count). The van der Waals surface area contributed by atoms with Gasteiger partial charge in [0.25, 0.3) is 0 Å². The van der Waals surface area contributed by atoms with Gasteiger partial charge in [-0.05, 0) is 12.1 Å². The van der Waals surface area contributed by atoms with Crippen molar-refractivity contribution < 1.29 is 9.13 Å². The summed E-state index contributed by atoms with van der Waals surface area (Å²) >= 11 is 7.08. The van der Waals surface area contributed by atoms with Gasteiger partial charge in [0.2, 0.25) is 0 Å². The van der Waals surface area contributed by atoms with Crippen LogP contribution in [0.3, 0.4) is 0 Å². The van der Waals surface area contributed by atoms with E-state index in [1.54, 1.807) is 19.2 Å². The van der Waals surface area contributed by atoms with Crippen molar-refractivity contribution in [1.82, 2.24) is 4.98 Å². The van der Waals surface area contributed by atoms with Crippen molar-refractivity contribution in [3.63, 3.8) is 0 Å². The number of thiazole rings is 1. The minimum Gasteiger partial charge on any atom is -0.378 e. The predicted octanol–water partition coefficient (Wildman–Crippen LogP) is 3.75. The first kappa shape index (κ1) is 11.5. The summed E-state index contributed by atoms with van der Waals surface area (Å²) in [7, 11) is 1.60. The van der Waals surface area contributed by atoms with Gasteiger partial charge in [0, 0.05) is 18.1 Å². The van der Waals surface area contributed by atoms with Gasteiger partial charge in [0.15, 0.2) is 5.82 Å². The van der Waals surface area contributed by atoms with Crippen LogP contribution in [0.2, 0.25) is 5.02 Å². The summed E-state index contributed by atoms with van der Waals surface area (Å²) in [5.74, 6) is -0.428. The molecule has 2 aromatic rings. The molecule has 0 bridgehead atoms. The first-order valence-electron chi connectivity index (χ1n) is 4.60. The molecule has 1 aromatic carbocycles. The van der Waals surface area contributed by atoms with Gasteiger partial charge in [0.1, 0.15) is 5.01 Å². The van der Waals surface area contributed by atoms with E-state index in [1.165, 1.54) is 17.4 Å². The number of benzene rings is 1. The number of halogens is 2. The van der Waals surface area contributed by atoms with Gasteiger partial charge < -0.3 is 4.74 Å². The average Bonchev–Trinajstić information content (AvgIpc) is 2.71. The van der Waals surface area contributed by atoms with Crippen molar-refractivity contribution in [2.24, 2.45) is 0 Å². The largest absolute Gasteiger partial charge is 0.378 e. The highest BCUT2D eigenvalue weighted by molar-refractivity contribution is 7.13. The van der Waals surface area contributed by atoms with Gasteiger partial charge in [-0.3, -0.25) is 0 Å². The van der Waals surface area contributed by atoms with Crippen LogP contribution < -0.4 is 0 Å². The van der Waals surface area contributed by atoms with Gasteiger partial charge in [-0.2, -0.15) is 0 Å². The molecule has 0 aliphatic heterocycles. The SMILES string of the molecule is COCc1csc(-c2cccc(Cl)c2F)n1. The van der Waals surface area contributed by atoms with Crippen molar-refractivity contribution in [2.75, 3.05) is 7.11 Å². The Balaban J connectivity index is 2.39. The first-order chi connectivity index (χ1) is 7.72. The molecular formula is C11H9ClFNOS. The lowest BCUT2D eigenvalue weighted by atomic mass is 10.2. The van der Waals surface area contributed by atoms with Crippen molar-refractivity contribution in [3.8, 4) is 10.6 Å². The van der Waals surface area contributed by atoms with Crippen LogP contribution in [0.4, 0.5) is 4.39 Å². The van der Waals surface area contributed by atoms with Crippen LogP contribution in [0.15, 0.2) is 23.6 Å². The second kappa shape index (κ2) is 4.91. The molecular weight excluding hydrogens is 249 g/mol. The lowest BCUT2D eigenvalue weighted by Gasteiger charge is -2.00. The van der Waals surface area contributed by atoms with Crippen LogP contribution in [-0.4, -0.2) is 12.1 Å². The highest BCUT2D eigenvalue weighted by Crippen LogP contribution is 2.29. The lowest BCUT2D eigenvalue weighted by Crippen LogP contribution is -1.88. The fraction of sp³-hybridized carbons (Fsp3) is 0.182. The number of aromatic nitrogens is 1. The number of ether oxygens (including phenoxy) is 1. The third kappa shape index (κ3) is 2.24. The Morgan fingerprint density at radius 3 is 3.06 bits per heavy atom. The molecule has 0 saturated carbocycles. The van der Waals surface area contributed by atoms with E-state index in [0.29, 0.717) is 17.2 Å². The van der Waals surface area contributed by atoms with E-state index in [1.807, 2.05) is 5.38 Å². The van der Waals surface area contributed by atoms with Gasteiger partial charge in [-0.1, -0.05) is 17.7 Å². The van der Waals surface area contributed by atoms with E-state index >= 15 is 0 Å². The van der Waals surface area contributed by atoms with Gasteiger partial charge in [-0.15, -0.1) is 11.3 Å². The number of hydrogen-bond acceptors (Lipinski definition) is 3. The Kier molecular flexibility index (Phi) is 3.53. The van der Waals surface area contributed by atoms with Crippen LogP contribution in [0, 0.1) is 5.82 Å². The average molecular weight is 258 g/mol. The van der Waals surface area contributed by atoms with Crippen molar-refractivity contribution >= 4 is 22.9 Å². The van der Waals surface area contributed by atoms with Gasteiger partial charge in [0.05, 0.1) is 17.3 Å². The molecule has 0 aliphatic carbocycles. The summed E-state index contributed by atoms with van der Waals surface area (Å²) in [6, 6.07) is 4.89. The van der Waals surface area contributed by atoms with E-state index in [-0.39, 0.29) is 5.02 Å². The minimum absolute atomic E-state index is 0.112. The highest BCUT2D eigenvalue weighted by atomic mass is 35.5. The molecule has 1 heterocycles. The van der Waals surface area contributed by atoms with Crippen LogP contribution >= 0.6 is 22.9 Å². The van der Waals surface area contributed by atoms with E-state index < -0.39 is 5.82 Å². The standard InChI is InChI=1S/C11H9ClFNOS/c1-15-5-7-6-16-11(14-7)8-3-2-4-9(12)10(8)13/h2-4,6H,5H2,1H3. The number of methoxy groups -OCH3 is 1. The minimum atomic E-state index is -0.428. The Morgan fingerprint density at radius 1 is 1.50 bits per heavy atom. The van der Waals surface area contributed by atoms with E-state index in [4.69, 9.17) is 16.3 Å². The fourth-order valence-electron chi connectivity index (χ4n) is 1.31. The molecule has 16 heavy (non-hydrogen) atoms. The Bertz CT molecular complexity index is 500. The maximum absolute atomic E-state index is 13.7. The smallest absolute Gasteiger partial charge is 0.152 e. The molecule has 0 aliphatic rings. The quantitative estimate of drug-likeness (QED) is 0.836. The third-order valence-corrected chi connectivity index (χ3v) is 3.24. The van der Waals surface area contributed by atoms with Crippen LogP contribution in [0.25, 0.3) is 10.6 Å². The number of hydrogen-bond donors (Lipinski definition) is 0. The molecule has 0 unspecified atom stereocenters. The molecule has 0 radical (unpaired) electrons. The molecule has 0 N–H and O–H groups in total. The van der Waals surface area contributed by atoms with Crippen LogP contribution in [-0.2, 0) is 11.3 Å². The van der Waals surface area contributed by atoms with E-state index in [2.05, 4.69) is 4.98 Å². The molecule has 5 heteroatoms. The molecule has 0 fully saturated rings. The fourth-order valence-corrected chi connectivity index (χ4v) is 2.31. The molecule has 1 aromatic heterocycles. The van der Waals surface area contributed by atoms with Crippen molar-refractivity contribution in [3.05, 3.63) is 40.1 Å². The van der Waals surface area contributed by atoms with Crippen LogP contribution in [0.1, 0.15) is 5.69 Å². The van der Waals surface area contributed by atoms with Crippen LogP contribution in [0.5, 0.6) is 0 Å². The zero-order chi connectivity index (χ0) is 11.5. The number of rotatable bonds is 3. The Morgan fingerprint density at radius 2 is 2.31 bits per heavy atom. The normalized spacial score (nSPS) is 10.7. The second-order valence-electron chi connectivity index (χ2n) is 3.18. The molecule has 0 saturated heterocycles. The molecule has 0 atom stereocenters. The van der Waals surface area contributed by atoms with Crippen molar-refractivity contribution in [1.29, 1.82) is 0 Å². The third-order valence-electron chi connectivity index (χ3n) is 2.03. The summed E-state index contributed by atoms with van der Waals surface area (Å²) in [6.45, 7) is 0.429.